The van der Waals surface area contributed by atoms with Crippen LogP contribution in [-0.2, 0) is 13.1 Å². The Morgan fingerprint density at radius 2 is 2.11 bits per heavy atom. The van der Waals surface area contributed by atoms with Crippen molar-refractivity contribution in [1.29, 1.82) is 0 Å². The van der Waals surface area contributed by atoms with Gasteiger partial charge in [0.05, 0.1) is 18.3 Å². The lowest BCUT2D eigenvalue weighted by atomic mass is 9.96. The number of aromatic amines is 1. The largest absolute Gasteiger partial charge is 0.494 e. The monoisotopic (exact) mass is 502 g/mol. The summed E-state index contributed by atoms with van der Waals surface area (Å²) >= 11 is 0. The molecule has 37 heavy (non-hydrogen) atoms. The molecule has 4 aromatic rings. The summed E-state index contributed by atoms with van der Waals surface area (Å²) in [6.07, 6.45) is 3.64. The minimum Gasteiger partial charge on any atom is -0.494 e. The summed E-state index contributed by atoms with van der Waals surface area (Å²) in [6, 6.07) is 10.5. The molecule has 2 N–H and O–H groups in total. The summed E-state index contributed by atoms with van der Waals surface area (Å²) in [6.45, 7) is 4.32. The Balaban J connectivity index is 1.10. The average molecular weight is 503 g/mol. The van der Waals surface area contributed by atoms with Crippen molar-refractivity contribution in [2.75, 3.05) is 19.0 Å². The van der Waals surface area contributed by atoms with Gasteiger partial charge in [0.25, 0.3) is 5.91 Å². The number of ether oxygens (including phenoxy) is 1. The number of carbonyl (C=O) groups excluding carboxylic acids is 1. The average Bonchev–Trinajstić information content (AvgIpc) is 3.55. The number of hydrogen-bond donors (Lipinski definition) is 2. The molecule has 0 radical (unpaired) electrons. The number of fused-ring (bicyclic) bond motifs is 2. The first-order chi connectivity index (χ1) is 18.0. The summed E-state index contributed by atoms with van der Waals surface area (Å²) in [4.78, 5) is 26.8. The van der Waals surface area contributed by atoms with Crippen LogP contribution in [0, 0.1) is 5.82 Å². The third kappa shape index (κ3) is 4.46. The molecule has 0 spiro atoms. The molecular weight excluding hydrogens is 475 g/mol. The summed E-state index contributed by atoms with van der Waals surface area (Å²) < 4.78 is 18.8. The summed E-state index contributed by atoms with van der Waals surface area (Å²) in [5.74, 6) is 0.234. The number of aromatic nitrogens is 5. The molecule has 2 aliphatic rings. The van der Waals surface area contributed by atoms with E-state index in [4.69, 9.17) is 9.72 Å². The number of methoxy groups -OCH3 is 1. The predicted molar refractivity (Wildman–Crippen MR) is 135 cm³/mol. The second-order valence-electron chi connectivity index (χ2n) is 9.61. The van der Waals surface area contributed by atoms with E-state index >= 15 is 0 Å². The number of likely N-dealkylation sites (tertiary alicyclic amines) is 1. The number of nitrogens with one attached hydrogen (secondary N) is 2. The highest BCUT2D eigenvalue weighted by Gasteiger charge is 2.35. The number of carbonyl (C=O) groups is 1. The van der Waals surface area contributed by atoms with E-state index in [0.29, 0.717) is 35.3 Å². The number of amides is 1. The van der Waals surface area contributed by atoms with Crippen LogP contribution in [0.25, 0.3) is 11.0 Å². The zero-order chi connectivity index (χ0) is 25.5. The summed E-state index contributed by atoms with van der Waals surface area (Å²) in [5.41, 5.74) is 4.89. The smallest absolute Gasteiger partial charge is 0.254 e. The normalized spacial score (nSPS) is 19.7. The van der Waals surface area contributed by atoms with E-state index in [-0.39, 0.29) is 17.7 Å². The molecule has 11 heteroatoms. The maximum Gasteiger partial charge on any atom is 0.254 e. The third-order valence-corrected chi connectivity index (χ3v) is 7.29. The summed E-state index contributed by atoms with van der Waals surface area (Å²) in [5, 5.41) is 13.8. The molecule has 4 heterocycles. The molecule has 1 fully saturated rings. The van der Waals surface area contributed by atoms with Gasteiger partial charge in [-0.05, 0) is 50.1 Å². The molecule has 0 saturated carbocycles. The van der Waals surface area contributed by atoms with Crippen LogP contribution in [0.4, 0.5) is 16.0 Å². The van der Waals surface area contributed by atoms with Crippen molar-refractivity contribution in [2.45, 2.75) is 44.9 Å². The molecule has 6 rings (SSSR count). The first kappa shape index (κ1) is 23.3. The Bertz CT molecular complexity index is 1470. The lowest BCUT2D eigenvalue weighted by Crippen LogP contribution is -2.50. The zero-order valence-electron chi connectivity index (χ0n) is 20.6. The van der Waals surface area contributed by atoms with Gasteiger partial charge in [0.2, 0.25) is 5.95 Å². The standard InChI is InChI=1S/C26H27FN8O2/c1-15-9-19(7-8-35(15)25(36)16-3-6-21-22(10-16)32-33-31-21)34-13-17-12-28-26(30-23(17)14-34)29-18-4-5-20(27)24(11-18)37-2/h3-6,10-12,15,19H,7-9,13-14H2,1-2H3,(H,28,29,30)(H,31,32,33)/t15-,19-/m1/s1. The van der Waals surface area contributed by atoms with Crippen molar-refractivity contribution in [3.8, 4) is 5.75 Å². The molecule has 2 aliphatic heterocycles. The van der Waals surface area contributed by atoms with Crippen LogP contribution in [-0.4, -0.2) is 66.8 Å². The van der Waals surface area contributed by atoms with Crippen LogP contribution in [0.5, 0.6) is 5.75 Å². The fraction of sp³-hybridized carbons (Fsp3) is 0.346. The van der Waals surface area contributed by atoms with Crippen molar-refractivity contribution in [2.24, 2.45) is 0 Å². The molecule has 0 unspecified atom stereocenters. The van der Waals surface area contributed by atoms with Crippen LogP contribution in [0.2, 0.25) is 0 Å². The number of piperidine rings is 1. The number of benzene rings is 2. The number of nitrogens with zero attached hydrogens (tertiary/aromatic N) is 6. The number of anilines is 2. The Morgan fingerprint density at radius 3 is 2.95 bits per heavy atom. The number of hydrogen-bond acceptors (Lipinski definition) is 8. The van der Waals surface area contributed by atoms with Gasteiger partial charge in [-0.3, -0.25) is 14.8 Å². The van der Waals surface area contributed by atoms with Crippen molar-refractivity contribution >= 4 is 28.6 Å². The van der Waals surface area contributed by atoms with Gasteiger partial charge in [-0.15, -0.1) is 5.10 Å². The van der Waals surface area contributed by atoms with E-state index in [1.165, 1.54) is 13.2 Å². The van der Waals surface area contributed by atoms with E-state index in [2.05, 4.69) is 37.5 Å². The Labute approximate surface area is 212 Å². The number of halogens is 1. The van der Waals surface area contributed by atoms with E-state index in [1.807, 2.05) is 23.2 Å². The van der Waals surface area contributed by atoms with E-state index in [0.717, 1.165) is 42.7 Å². The second-order valence-corrected chi connectivity index (χ2v) is 9.61. The van der Waals surface area contributed by atoms with Crippen molar-refractivity contribution in [3.05, 3.63) is 65.2 Å². The van der Waals surface area contributed by atoms with Crippen LogP contribution < -0.4 is 10.1 Å². The van der Waals surface area contributed by atoms with Gasteiger partial charge in [-0.25, -0.2) is 14.4 Å². The molecule has 0 aliphatic carbocycles. The van der Waals surface area contributed by atoms with Gasteiger partial charge in [0.15, 0.2) is 11.6 Å². The Kier molecular flexibility index (Phi) is 5.91. The van der Waals surface area contributed by atoms with Crippen molar-refractivity contribution < 1.29 is 13.9 Å². The third-order valence-electron chi connectivity index (χ3n) is 7.29. The van der Waals surface area contributed by atoms with Crippen LogP contribution >= 0.6 is 0 Å². The first-order valence-electron chi connectivity index (χ1n) is 12.3. The first-order valence-corrected chi connectivity index (χ1v) is 12.3. The lowest BCUT2D eigenvalue weighted by Gasteiger charge is -2.41. The van der Waals surface area contributed by atoms with Crippen molar-refractivity contribution in [3.63, 3.8) is 0 Å². The van der Waals surface area contributed by atoms with Gasteiger partial charge in [-0.1, -0.05) is 5.21 Å². The Hall–Kier alpha value is -4.12. The molecule has 2 atom stereocenters. The Morgan fingerprint density at radius 1 is 1.22 bits per heavy atom. The maximum atomic E-state index is 13.7. The summed E-state index contributed by atoms with van der Waals surface area (Å²) in [7, 11) is 1.43. The molecule has 0 bridgehead atoms. The van der Waals surface area contributed by atoms with Gasteiger partial charge < -0.3 is 15.0 Å². The van der Waals surface area contributed by atoms with Gasteiger partial charge in [-0.2, -0.15) is 0 Å². The second kappa shape index (κ2) is 9.40. The lowest BCUT2D eigenvalue weighted by molar-refractivity contribution is 0.0460. The van der Waals surface area contributed by atoms with E-state index in [1.54, 1.807) is 18.2 Å². The topological polar surface area (TPSA) is 112 Å². The molecule has 1 saturated heterocycles. The molecular formula is C26H27FN8O2. The van der Waals surface area contributed by atoms with Crippen LogP contribution in [0.15, 0.2) is 42.6 Å². The predicted octanol–water partition coefficient (Wildman–Crippen LogP) is 3.65. The van der Waals surface area contributed by atoms with Crippen molar-refractivity contribution in [1.82, 2.24) is 35.2 Å². The molecule has 2 aromatic carbocycles. The minimum absolute atomic E-state index is 0.0274. The quantitative estimate of drug-likeness (QED) is 0.425. The molecule has 190 valence electrons. The molecule has 1 amide bonds. The zero-order valence-corrected chi connectivity index (χ0v) is 20.6. The van der Waals surface area contributed by atoms with Crippen LogP contribution in [0.1, 0.15) is 41.4 Å². The van der Waals surface area contributed by atoms with Crippen LogP contribution in [0.3, 0.4) is 0 Å². The number of rotatable bonds is 5. The van der Waals surface area contributed by atoms with Gasteiger partial charge in [0, 0.05) is 60.8 Å². The molecule has 2 aromatic heterocycles. The van der Waals surface area contributed by atoms with E-state index in [9.17, 15) is 9.18 Å². The van der Waals surface area contributed by atoms with Gasteiger partial charge >= 0.3 is 0 Å². The highest BCUT2D eigenvalue weighted by Crippen LogP contribution is 2.31. The van der Waals surface area contributed by atoms with E-state index < -0.39 is 5.82 Å². The van der Waals surface area contributed by atoms with Gasteiger partial charge in [0.1, 0.15) is 5.52 Å². The maximum absolute atomic E-state index is 13.7. The number of H-pyrrole nitrogens is 1. The highest BCUT2D eigenvalue weighted by molar-refractivity contribution is 5.97. The highest BCUT2D eigenvalue weighted by atomic mass is 19.1. The minimum atomic E-state index is -0.420. The molecule has 10 nitrogen and oxygen atoms in total. The fourth-order valence-corrected chi connectivity index (χ4v) is 5.28. The fourth-order valence-electron chi connectivity index (χ4n) is 5.28. The SMILES string of the molecule is COc1cc(Nc2ncc3c(n2)CN([C@@H]2CCN(C(=O)c4ccc5[nH]nnc5c4)[C@H](C)C2)C3)ccc1F.